The van der Waals surface area contributed by atoms with Crippen molar-refractivity contribution in [3.05, 3.63) is 53.8 Å². The molecule has 2 rings (SSSR count). The third kappa shape index (κ3) is 4.44. The molecule has 0 saturated carbocycles. The molecule has 138 valence electrons. The van der Waals surface area contributed by atoms with Crippen molar-refractivity contribution >= 4 is 35.3 Å². The van der Waals surface area contributed by atoms with E-state index in [0.717, 1.165) is 6.21 Å². The predicted octanol–water partition coefficient (Wildman–Crippen LogP) is 1.17. The van der Waals surface area contributed by atoms with Crippen molar-refractivity contribution in [2.75, 3.05) is 0 Å². The molecule has 0 saturated heterocycles. The number of nitrogens with zero attached hydrogens (tertiary/aromatic N) is 1. The molecule has 0 aliphatic rings. The van der Waals surface area contributed by atoms with Crippen LogP contribution in [0.5, 0.6) is 11.5 Å². The zero-order chi connectivity index (χ0) is 19.4. The number of benzene rings is 1. The van der Waals surface area contributed by atoms with Crippen LogP contribution in [-0.4, -0.2) is 32.3 Å². The largest absolute Gasteiger partial charge is 0.506 e. The number of hydrogen-bond donors (Lipinski definition) is 5. The summed E-state index contributed by atoms with van der Waals surface area (Å²) in [4.78, 5) is 39.1. The fraction of sp³-hybridized carbons (Fsp3) is 0.200. The monoisotopic (exact) mass is 400 g/mol. The molecule has 2 aromatic rings. The van der Waals surface area contributed by atoms with Crippen LogP contribution in [0.25, 0.3) is 0 Å². The third-order valence-corrected chi connectivity index (χ3v) is 4.09. The van der Waals surface area contributed by atoms with Crippen molar-refractivity contribution in [1.29, 1.82) is 0 Å². The number of phenols is 2. The molecule has 11 heteroatoms. The lowest BCUT2D eigenvalue weighted by Crippen LogP contribution is -2.28. The fourth-order valence-electron chi connectivity index (χ4n) is 2.11. The van der Waals surface area contributed by atoms with E-state index < -0.39 is 28.7 Å². The van der Waals surface area contributed by atoms with Crippen LogP contribution in [0.15, 0.2) is 20.8 Å². The van der Waals surface area contributed by atoms with Gasteiger partial charge in [-0.1, -0.05) is 23.2 Å². The summed E-state index contributed by atoms with van der Waals surface area (Å²) in [6, 6.07) is 1.22. The number of H-pyrrole nitrogens is 2. The first-order valence-electron chi connectivity index (χ1n) is 7.24. The van der Waals surface area contributed by atoms with Gasteiger partial charge in [0, 0.05) is 23.2 Å². The molecule has 9 nitrogen and oxygen atoms in total. The highest BCUT2D eigenvalue weighted by molar-refractivity contribution is 6.38. The van der Waals surface area contributed by atoms with Gasteiger partial charge >= 0.3 is 5.69 Å². The van der Waals surface area contributed by atoms with E-state index in [2.05, 4.69) is 20.5 Å². The lowest BCUT2D eigenvalue weighted by Gasteiger charge is -2.06. The number of hydrogen-bond acceptors (Lipinski definition) is 6. The first-order chi connectivity index (χ1) is 12.2. The minimum atomic E-state index is -0.615. The lowest BCUT2D eigenvalue weighted by molar-refractivity contribution is -0.121. The Labute approximate surface area is 156 Å². The van der Waals surface area contributed by atoms with Gasteiger partial charge in [-0.05, 0) is 19.4 Å². The molecule has 26 heavy (non-hydrogen) atoms. The van der Waals surface area contributed by atoms with Crippen LogP contribution in [-0.2, 0) is 11.2 Å². The van der Waals surface area contributed by atoms with Gasteiger partial charge in [0.05, 0.1) is 11.2 Å². The molecule has 0 spiro atoms. The van der Waals surface area contributed by atoms with Gasteiger partial charge in [0.1, 0.15) is 10.8 Å². The molecule has 0 atom stereocenters. The number of hydrazone groups is 1. The number of phenolic OH excluding ortho intramolecular Hbond substituents is 2. The summed E-state index contributed by atoms with van der Waals surface area (Å²) in [5.41, 5.74) is 1.81. The van der Waals surface area contributed by atoms with Crippen molar-refractivity contribution in [1.82, 2.24) is 15.4 Å². The summed E-state index contributed by atoms with van der Waals surface area (Å²) < 4.78 is 0. The summed E-state index contributed by atoms with van der Waals surface area (Å²) in [7, 11) is 0. The summed E-state index contributed by atoms with van der Waals surface area (Å²) >= 11 is 11.4. The van der Waals surface area contributed by atoms with Gasteiger partial charge in [-0.2, -0.15) is 5.10 Å². The Morgan fingerprint density at radius 3 is 2.62 bits per heavy atom. The molecule has 0 aliphatic carbocycles. The highest BCUT2D eigenvalue weighted by Crippen LogP contribution is 2.40. The number of carbonyl (C=O) groups is 1. The smallest absolute Gasteiger partial charge is 0.325 e. The number of aromatic hydroxyl groups is 2. The van der Waals surface area contributed by atoms with Crippen LogP contribution in [0, 0.1) is 6.92 Å². The molecule has 1 aromatic heterocycles. The van der Waals surface area contributed by atoms with Gasteiger partial charge in [0.25, 0.3) is 5.56 Å². The van der Waals surface area contributed by atoms with Gasteiger partial charge in [-0.25, -0.2) is 10.2 Å². The van der Waals surface area contributed by atoms with Gasteiger partial charge in [-0.3, -0.25) is 14.6 Å². The lowest BCUT2D eigenvalue weighted by atomic mass is 10.1. The average Bonchev–Trinajstić information content (AvgIpc) is 2.56. The number of carbonyl (C=O) groups excluding carboxylic acids is 1. The Morgan fingerprint density at radius 2 is 1.96 bits per heavy atom. The molecule has 0 fully saturated rings. The first-order valence-corrected chi connectivity index (χ1v) is 8.00. The highest BCUT2D eigenvalue weighted by Gasteiger charge is 2.13. The van der Waals surface area contributed by atoms with Crippen LogP contribution in [0.1, 0.15) is 23.2 Å². The second-order valence-corrected chi connectivity index (χ2v) is 6.05. The molecule has 5 N–H and O–H groups in total. The standard InChI is InChI=1S/C15H14Cl2N4O5/c1-6-8(14(25)20-15(26)19-6)2-3-10(22)21-18-5-7-4-9(16)13(24)11(17)12(7)23/h4-5,23-24H,2-3H2,1H3,(H,21,22)(H2,19,20,25,26)/b18-5+. The molecule has 0 aliphatic heterocycles. The number of aromatic nitrogens is 2. The van der Waals surface area contributed by atoms with E-state index >= 15 is 0 Å². The van der Waals surface area contributed by atoms with Crippen LogP contribution in [0.4, 0.5) is 0 Å². The molecular weight excluding hydrogens is 387 g/mol. The maximum absolute atomic E-state index is 11.8. The number of halogens is 2. The van der Waals surface area contributed by atoms with E-state index in [4.69, 9.17) is 23.2 Å². The first kappa shape index (κ1) is 19.5. The molecule has 0 unspecified atom stereocenters. The Bertz CT molecular complexity index is 997. The quantitative estimate of drug-likeness (QED) is 0.377. The van der Waals surface area contributed by atoms with Gasteiger partial charge in [0.2, 0.25) is 5.91 Å². The number of nitrogens with one attached hydrogen (secondary N) is 3. The molecule has 1 aromatic carbocycles. The Morgan fingerprint density at radius 1 is 1.27 bits per heavy atom. The third-order valence-electron chi connectivity index (χ3n) is 3.45. The van der Waals surface area contributed by atoms with Crippen molar-refractivity contribution in [3.8, 4) is 11.5 Å². The Kier molecular flexibility index (Phi) is 6.06. The molecular formula is C15H14Cl2N4O5. The Hall–Kier alpha value is -2.78. The fourth-order valence-corrected chi connectivity index (χ4v) is 2.58. The van der Waals surface area contributed by atoms with Crippen molar-refractivity contribution < 1.29 is 15.0 Å². The van der Waals surface area contributed by atoms with E-state index in [1.54, 1.807) is 6.92 Å². The van der Waals surface area contributed by atoms with Crippen molar-refractivity contribution in [3.63, 3.8) is 0 Å². The maximum Gasteiger partial charge on any atom is 0.325 e. The van der Waals surface area contributed by atoms with E-state index in [0.29, 0.717) is 11.3 Å². The molecule has 1 amide bonds. The van der Waals surface area contributed by atoms with Gasteiger partial charge < -0.3 is 15.2 Å². The average molecular weight is 401 g/mol. The minimum absolute atomic E-state index is 0.0592. The molecule has 0 radical (unpaired) electrons. The normalized spacial score (nSPS) is 11.0. The summed E-state index contributed by atoms with van der Waals surface area (Å²) in [6.07, 6.45) is 1.14. The number of rotatable bonds is 5. The van der Waals surface area contributed by atoms with Gasteiger partial charge in [-0.15, -0.1) is 0 Å². The van der Waals surface area contributed by atoms with Crippen LogP contribution < -0.4 is 16.7 Å². The molecule has 1 heterocycles. The maximum atomic E-state index is 11.8. The van der Waals surface area contributed by atoms with Crippen molar-refractivity contribution in [2.45, 2.75) is 19.8 Å². The van der Waals surface area contributed by atoms with Crippen LogP contribution in [0.3, 0.4) is 0 Å². The topological polar surface area (TPSA) is 148 Å². The summed E-state index contributed by atoms with van der Waals surface area (Å²) in [5, 5.41) is 22.5. The number of amides is 1. The van der Waals surface area contributed by atoms with Crippen molar-refractivity contribution in [2.24, 2.45) is 5.10 Å². The minimum Gasteiger partial charge on any atom is -0.506 e. The van der Waals surface area contributed by atoms with E-state index in [1.165, 1.54) is 6.07 Å². The predicted molar refractivity (Wildman–Crippen MR) is 96.3 cm³/mol. The zero-order valence-corrected chi connectivity index (χ0v) is 14.9. The molecule has 0 bridgehead atoms. The van der Waals surface area contributed by atoms with Gasteiger partial charge in [0.15, 0.2) is 5.75 Å². The van der Waals surface area contributed by atoms with E-state index in [-0.39, 0.29) is 28.5 Å². The SMILES string of the molecule is Cc1[nH]c(=O)[nH]c(=O)c1CCC(=O)N/N=C/c1cc(Cl)c(O)c(Cl)c1O. The Balaban J connectivity index is 2.01. The van der Waals surface area contributed by atoms with E-state index in [9.17, 15) is 24.6 Å². The van der Waals surface area contributed by atoms with Crippen LogP contribution >= 0.6 is 23.2 Å². The summed E-state index contributed by atoms with van der Waals surface area (Å²) in [5.74, 6) is -1.41. The zero-order valence-electron chi connectivity index (χ0n) is 13.4. The second kappa shape index (κ2) is 8.07. The van der Waals surface area contributed by atoms with E-state index in [1.807, 2.05) is 0 Å². The van der Waals surface area contributed by atoms with Crippen LogP contribution in [0.2, 0.25) is 10.0 Å². The summed E-state index contributed by atoms with van der Waals surface area (Å²) in [6.45, 7) is 1.56. The number of aromatic amines is 2. The second-order valence-electron chi connectivity index (χ2n) is 5.26. The highest BCUT2D eigenvalue weighted by atomic mass is 35.5. The number of aryl methyl sites for hydroxylation is 1.